The third-order valence-corrected chi connectivity index (χ3v) is 2.95. The highest BCUT2D eigenvalue weighted by Gasteiger charge is 2.30. The summed E-state index contributed by atoms with van der Waals surface area (Å²) < 4.78 is 42.8. The number of furan rings is 1. The second kappa shape index (κ2) is 5.69. The van der Waals surface area contributed by atoms with Gasteiger partial charge in [-0.2, -0.15) is 13.2 Å². The number of carboxylic acids is 1. The second-order valence-corrected chi connectivity index (χ2v) is 4.52. The average Bonchev–Trinajstić information content (AvgIpc) is 2.85. The van der Waals surface area contributed by atoms with Gasteiger partial charge in [0.1, 0.15) is 5.76 Å². The predicted octanol–water partition coefficient (Wildman–Crippen LogP) is 4.26. The summed E-state index contributed by atoms with van der Waals surface area (Å²) in [6.07, 6.45) is -4.47. The molecule has 0 aliphatic carbocycles. The van der Waals surface area contributed by atoms with Gasteiger partial charge in [-0.25, -0.2) is 4.79 Å². The molecule has 2 rings (SSSR count). The van der Waals surface area contributed by atoms with Crippen LogP contribution in [0.5, 0.6) is 0 Å². The molecule has 0 aliphatic heterocycles. The quantitative estimate of drug-likeness (QED) is 0.883. The van der Waals surface area contributed by atoms with Crippen LogP contribution in [0.15, 0.2) is 34.7 Å². The normalized spacial score (nSPS) is 11.4. The van der Waals surface area contributed by atoms with E-state index in [0.29, 0.717) is 0 Å². The minimum absolute atomic E-state index is 0.00824. The van der Waals surface area contributed by atoms with Gasteiger partial charge in [-0.3, -0.25) is 0 Å². The summed E-state index contributed by atoms with van der Waals surface area (Å²) in [6.45, 7) is 0.00824. The molecular formula is C13H9ClF3NO3. The maximum absolute atomic E-state index is 12.6. The van der Waals surface area contributed by atoms with Crippen LogP contribution >= 0.6 is 11.6 Å². The Balaban J connectivity index is 2.13. The number of carboxylic acid groups (broad SMARTS) is 1. The van der Waals surface area contributed by atoms with Crippen LogP contribution in [-0.2, 0) is 12.7 Å². The van der Waals surface area contributed by atoms with Gasteiger partial charge in [-0.15, -0.1) is 0 Å². The zero-order valence-corrected chi connectivity index (χ0v) is 11.1. The smallest absolute Gasteiger partial charge is 0.416 e. The van der Waals surface area contributed by atoms with Crippen LogP contribution in [0.25, 0.3) is 0 Å². The number of benzene rings is 1. The Hall–Kier alpha value is -2.15. The van der Waals surface area contributed by atoms with Crippen molar-refractivity contribution in [3.8, 4) is 0 Å². The number of anilines is 1. The minimum Gasteiger partial charge on any atom is -0.475 e. The maximum atomic E-state index is 12.6. The lowest BCUT2D eigenvalue weighted by Gasteiger charge is -2.11. The van der Waals surface area contributed by atoms with Crippen molar-refractivity contribution in [2.75, 3.05) is 5.32 Å². The number of hydrogen-bond donors (Lipinski definition) is 2. The molecule has 8 heteroatoms. The van der Waals surface area contributed by atoms with Crippen molar-refractivity contribution in [2.45, 2.75) is 12.7 Å². The van der Waals surface area contributed by atoms with E-state index in [-0.39, 0.29) is 28.8 Å². The molecule has 0 fully saturated rings. The number of hydrogen-bond acceptors (Lipinski definition) is 3. The predicted molar refractivity (Wildman–Crippen MR) is 69.4 cm³/mol. The molecule has 21 heavy (non-hydrogen) atoms. The molecule has 0 bridgehead atoms. The van der Waals surface area contributed by atoms with Crippen LogP contribution in [0, 0.1) is 0 Å². The maximum Gasteiger partial charge on any atom is 0.416 e. The highest BCUT2D eigenvalue weighted by atomic mass is 35.5. The van der Waals surface area contributed by atoms with Crippen molar-refractivity contribution in [1.82, 2.24) is 0 Å². The molecule has 0 aliphatic rings. The SMILES string of the molecule is O=C(O)c1ccc(CNc2cc(C(F)(F)F)ccc2Cl)o1. The summed E-state index contributed by atoms with van der Waals surface area (Å²) in [5.41, 5.74) is -0.750. The van der Waals surface area contributed by atoms with E-state index in [0.717, 1.165) is 18.2 Å². The van der Waals surface area contributed by atoms with Gasteiger partial charge in [-0.1, -0.05) is 11.6 Å². The van der Waals surface area contributed by atoms with E-state index >= 15 is 0 Å². The van der Waals surface area contributed by atoms with Gasteiger partial charge in [0.25, 0.3) is 0 Å². The van der Waals surface area contributed by atoms with Crippen molar-refractivity contribution >= 4 is 23.3 Å². The largest absolute Gasteiger partial charge is 0.475 e. The minimum atomic E-state index is -4.47. The molecule has 0 amide bonds. The monoisotopic (exact) mass is 319 g/mol. The molecule has 112 valence electrons. The zero-order chi connectivity index (χ0) is 15.6. The lowest BCUT2D eigenvalue weighted by molar-refractivity contribution is -0.137. The van der Waals surface area contributed by atoms with Crippen molar-refractivity contribution in [3.63, 3.8) is 0 Å². The first-order valence-corrected chi connectivity index (χ1v) is 6.08. The lowest BCUT2D eigenvalue weighted by Crippen LogP contribution is -2.06. The van der Waals surface area contributed by atoms with E-state index in [4.69, 9.17) is 21.1 Å². The molecule has 4 nitrogen and oxygen atoms in total. The van der Waals surface area contributed by atoms with Crippen molar-refractivity contribution in [3.05, 3.63) is 52.4 Å². The fourth-order valence-electron chi connectivity index (χ4n) is 1.61. The van der Waals surface area contributed by atoms with E-state index in [1.807, 2.05) is 0 Å². The molecule has 1 aromatic heterocycles. The van der Waals surface area contributed by atoms with Crippen LogP contribution in [0.2, 0.25) is 5.02 Å². The standard InChI is InChI=1S/C13H9ClF3NO3/c14-9-3-1-7(13(15,16)17)5-10(9)18-6-8-2-4-11(21-8)12(19)20/h1-5,18H,6H2,(H,19,20). The third-order valence-electron chi connectivity index (χ3n) is 2.62. The molecule has 2 aromatic rings. The van der Waals surface area contributed by atoms with Crippen LogP contribution in [0.4, 0.5) is 18.9 Å². The van der Waals surface area contributed by atoms with Gasteiger partial charge in [0.15, 0.2) is 0 Å². The van der Waals surface area contributed by atoms with Crippen molar-refractivity contribution in [1.29, 1.82) is 0 Å². The fourth-order valence-corrected chi connectivity index (χ4v) is 1.79. The molecule has 0 radical (unpaired) electrons. The fraction of sp³-hybridized carbons (Fsp3) is 0.154. The number of alkyl halides is 3. The van der Waals surface area contributed by atoms with E-state index in [2.05, 4.69) is 5.32 Å². The van der Waals surface area contributed by atoms with Gasteiger partial charge >= 0.3 is 12.1 Å². The summed E-state index contributed by atoms with van der Waals surface area (Å²) in [5.74, 6) is -1.21. The van der Waals surface area contributed by atoms with Gasteiger partial charge < -0.3 is 14.8 Å². The van der Waals surface area contributed by atoms with E-state index in [1.165, 1.54) is 12.1 Å². The van der Waals surface area contributed by atoms with Crippen LogP contribution in [-0.4, -0.2) is 11.1 Å². The van der Waals surface area contributed by atoms with Gasteiger partial charge in [0.2, 0.25) is 5.76 Å². The summed E-state index contributed by atoms with van der Waals surface area (Å²) in [6, 6.07) is 5.56. The van der Waals surface area contributed by atoms with Crippen LogP contribution in [0.1, 0.15) is 21.9 Å². The number of halogens is 4. The Morgan fingerprint density at radius 3 is 2.57 bits per heavy atom. The zero-order valence-electron chi connectivity index (χ0n) is 10.4. The topological polar surface area (TPSA) is 62.5 Å². The molecule has 1 aromatic carbocycles. The summed E-state index contributed by atoms with van der Waals surface area (Å²) in [4.78, 5) is 10.6. The molecule has 0 saturated heterocycles. The Bertz CT molecular complexity index is 667. The Labute approximate surface area is 122 Å². The molecule has 0 atom stereocenters. The number of aromatic carboxylic acids is 1. The van der Waals surface area contributed by atoms with Gasteiger partial charge in [0, 0.05) is 0 Å². The lowest BCUT2D eigenvalue weighted by atomic mass is 10.2. The van der Waals surface area contributed by atoms with E-state index < -0.39 is 17.7 Å². The first kappa shape index (κ1) is 15.2. The van der Waals surface area contributed by atoms with Crippen LogP contribution < -0.4 is 5.32 Å². The number of rotatable bonds is 4. The highest BCUT2D eigenvalue weighted by molar-refractivity contribution is 6.33. The molecule has 2 N–H and O–H groups in total. The van der Waals surface area contributed by atoms with Gasteiger partial charge in [0.05, 0.1) is 22.8 Å². The van der Waals surface area contributed by atoms with Crippen LogP contribution in [0.3, 0.4) is 0 Å². The molecule has 0 saturated carbocycles. The Morgan fingerprint density at radius 2 is 2.00 bits per heavy atom. The van der Waals surface area contributed by atoms with E-state index in [1.54, 1.807) is 0 Å². The molecule has 0 unspecified atom stereocenters. The molecule has 1 heterocycles. The van der Waals surface area contributed by atoms with Crippen molar-refractivity contribution < 1.29 is 27.5 Å². The Kier molecular flexibility index (Phi) is 4.13. The number of nitrogens with one attached hydrogen (secondary N) is 1. The summed E-state index contributed by atoms with van der Waals surface area (Å²) in [7, 11) is 0. The number of carbonyl (C=O) groups is 1. The molecule has 0 spiro atoms. The first-order valence-electron chi connectivity index (χ1n) is 5.70. The summed E-state index contributed by atoms with van der Waals surface area (Å²) in [5, 5.41) is 11.5. The average molecular weight is 320 g/mol. The third kappa shape index (κ3) is 3.69. The summed E-state index contributed by atoms with van der Waals surface area (Å²) >= 11 is 5.81. The second-order valence-electron chi connectivity index (χ2n) is 4.12. The van der Waals surface area contributed by atoms with E-state index in [9.17, 15) is 18.0 Å². The highest BCUT2D eigenvalue weighted by Crippen LogP contribution is 2.34. The van der Waals surface area contributed by atoms with Crippen molar-refractivity contribution in [2.24, 2.45) is 0 Å². The first-order chi connectivity index (χ1) is 9.77. The Morgan fingerprint density at radius 1 is 1.29 bits per heavy atom. The molecular weight excluding hydrogens is 311 g/mol. The van der Waals surface area contributed by atoms with Gasteiger partial charge in [-0.05, 0) is 30.3 Å².